The fourth-order valence-electron chi connectivity index (χ4n) is 4.54. The van der Waals surface area contributed by atoms with Crippen LogP contribution in [0.25, 0.3) is 0 Å². The minimum Gasteiger partial charge on any atom is -0.454 e. The molecule has 1 aromatic carbocycles. The van der Waals surface area contributed by atoms with Crippen molar-refractivity contribution in [1.82, 2.24) is 15.1 Å². The number of amides is 4. The van der Waals surface area contributed by atoms with Gasteiger partial charge >= 0.3 is 12.0 Å². The van der Waals surface area contributed by atoms with Crippen LogP contribution in [0.15, 0.2) is 30.3 Å². The van der Waals surface area contributed by atoms with Crippen LogP contribution in [0.4, 0.5) is 4.79 Å². The summed E-state index contributed by atoms with van der Waals surface area (Å²) in [7, 11) is 0. The van der Waals surface area contributed by atoms with Crippen LogP contribution in [0.3, 0.4) is 0 Å². The summed E-state index contributed by atoms with van der Waals surface area (Å²) in [6.07, 6.45) is 4.60. The number of carbonyl (C=O) groups excluding carboxylic acids is 4. The second-order valence-corrected chi connectivity index (χ2v) is 8.97. The Morgan fingerprint density at radius 2 is 1.77 bits per heavy atom. The smallest absolute Gasteiger partial charge is 0.326 e. The number of urea groups is 1. The summed E-state index contributed by atoms with van der Waals surface area (Å²) in [6, 6.07) is 9.74. The van der Waals surface area contributed by atoms with Crippen molar-refractivity contribution >= 4 is 23.8 Å². The summed E-state index contributed by atoms with van der Waals surface area (Å²) < 4.78 is 5.08. The highest BCUT2D eigenvalue weighted by molar-refractivity contribution is 6.08. The zero-order valence-corrected chi connectivity index (χ0v) is 17.8. The number of esters is 1. The molecule has 1 atom stereocenters. The molecule has 1 aromatic rings. The maximum atomic E-state index is 12.6. The van der Waals surface area contributed by atoms with E-state index in [0.29, 0.717) is 19.0 Å². The van der Waals surface area contributed by atoms with Crippen molar-refractivity contribution in [3.8, 4) is 0 Å². The number of piperidine rings is 1. The van der Waals surface area contributed by atoms with E-state index in [1.165, 1.54) is 5.56 Å². The lowest BCUT2D eigenvalue weighted by Gasteiger charge is -2.32. The number of carbonyl (C=O) groups is 4. The van der Waals surface area contributed by atoms with Crippen LogP contribution in [0.5, 0.6) is 0 Å². The van der Waals surface area contributed by atoms with E-state index in [1.54, 1.807) is 11.8 Å². The van der Waals surface area contributed by atoms with Crippen molar-refractivity contribution < 1.29 is 23.9 Å². The summed E-state index contributed by atoms with van der Waals surface area (Å²) in [4.78, 5) is 51.9. The number of nitrogens with zero attached hydrogens (tertiary/aromatic N) is 2. The van der Waals surface area contributed by atoms with E-state index in [4.69, 9.17) is 4.74 Å². The molecule has 2 aliphatic heterocycles. The number of ether oxygens (including phenoxy) is 1. The highest BCUT2D eigenvalue weighted by atomic mass is 16.5. The summed E-state index contributed by atoms with van der Waals surface area (Å²) >= 11 is 0. The largest absolute Gasteiger partial charge is 0.454 e. The molecule has 4 rings (SSSR count). The first kappa shape index (κ1) is 21.3. The summed E-state index contributed by atoms with van der Waals surface area (Å²) in [5, 5.41) is 2.69. The molecule has 3 aliphatic rings. The molecule has 0 bridgehead atoms. The van der Waals surface area contributed by atoms with E-state index in [1.807, 2.05) is 18.2 Å². The number of hydrogen-bond donors (Lipinski definition) is 1. The Morgan fingerprint density at radius 1 is 1.10 bits per heavy atom. The van der Waals surface area contributed by atoms with E-state index in [9.17, 15) is 19.2 Å². The number of hydrogen-bond acceptors (Lipinski definition) is 5. The van der Waals surface area contributed by atoms with Crippen molar-refractivity contribution in [3.63, 3.8) is 0 Å². The van der Waals surface area contributed by atoms with Crippen LogP contribution >= 0.6 is 0 Å². The molecule has 3 fully saturated rings. The van der Waals surface area contributed by atoms with Crippen molar-refractivity contribution in [2.45, 2.75) is 44.6 Å². The molecule has 0 radical (unpaired) electrons. The van der Waals surface area contributed by atoms with Crippen molar-refractivity contribution in [3.05, 3.63) is 35.9 Å². The fraction of sp³-hybridized carbons (Fsp3) is 0.565. The zero-order chi connectivity index (χ0) is 22.0. The van der Waals surface area contributed by atoms with Crippen LogP contribution in [-0.2, 0) is 25.5 Å². The Labute approximate surface area is 181 Å². The first-order valence-corrected chi connectivity index (χ1v) is 11.0. The molecule has 2 heterocycles. The van der Waals surface area contributed by atoms with Crippen molar-refractivity contribution in [1.29, 1.82) is 0 Å². The average Bonchev–Trinajstić information content (AvgIpc) is 3.59. The number of likely N-dealkylation sites (tertiary alicyclic amines) is 1. The Bertz CT molecular complexity index is 861. The van der Waals surface area contributed by atoms with Gasteiger partial charge in [0.05, 0.1) is 0 Å². The fourth-order valence-corrected chi connectivity index (χ4v) is 4.54. The number of rotatable bonds is 7. The molecule has 1 N–H and O–H groups in total. The molecule has 8 heteroatoms. The molecular formula is C23H29N3O5. The first-order valence-electron chi connectivity index (χ1n) is 11.0. The van der Waals surface area contributed by atoms with Gasteiger partial charge in [-0.1, -0.05) is 30.3 Å². The molecule has 166 valence electrons. The molecule has 1 aliphatic carbocycles. The molecule has 31 heavy (non-hydrogen) atoms. The standard InChI is InChI=1S/C23H29N3O5/c1-23(18-7-8-18)21(29)26(22(30)24-23)14-20(28)31-15-19(27)25-11-9-17(10-12-25)13-16-5-3-2-4-6-16/h2-6,17-18H,7-15H2,1H3,(H,24,30)/t23-/m0/s1. The van der Waals surface area contributed by atoms with E-state index >= 15 is 0 Å². The first-order chi connectivity index (χ1) is 14.9. The Balaban J connectivity index is 1.19. The third-order valence-corrected chi connectivity index (χ3v) is 6.67. The molecule has 8 nitrogen and oxygen atoms in total. The SMILES string of the molecule is C[C@@]1(C2CC2)NC(=O)N(CC(=O)OCC(=O)N2CCC(Cc3ccccc3)CC2)C1=O. The number of benzene rings is 1. The van der Waals surface area contributed by atoms with Crippen LogP contribution < -0.4 is 5.32 Å². The lowest BCUT2D eigenvalue weighted by atomic mass is 9.90. The molecule has 0 spiro atoms. The molecule has 2 saturated heterocycles. The van der Waals surface area contributed by atoms with Gasteiger partial charge < -0.3 is 15.0 Å². The lowest BCUT2D eigenvalue weighted by molar-refractivity contribution is -0.154. The third-order valence-electron chi connectivity index (χ3n) is 6.67. The molecule has 0 unspecified atom stereocenters. The molecule has 0 aromatic heterocycles. The summed E-state index contributed by atoms with van der Waals surface area (Å²) in [5.74, 6) is -0.739. The lowest BCUT2D eigenvalue weighted by Crippen LogP contribution is -2.46. The predicted molar refractivity (Wildman–Crippen MR) is 112 cm³/mol. The van der Waals surface area contributed by atoms with Crippen molar-refractivity contribution in [2.24, 2.45) is 11.8 Å². The molecular weight excluding hydrogens is 398 g/mol. The maximum absolute atomic E-state index is 12.6. The maximum Gasteiger partial charge on any atom is 0.326 e. The van der Waals surface area contributed by atoms with Gasteiger partial charge in [-0.3, -0.25) is 19.3 Å². The Kier molecular flexibility index (Phi) is 5.98. The number of imide groups is 1. The monoisotopic (exact) mass is 427 g/mol. The summed E-state index contributed by atoms with van der Waals surface area (Å²) in [6.45, 7) is 2.13. The van der Waals surface area contributed by atoms with Gasteiger partial charge in [-0.25, -0.2) is 4.79 Å². The third kappa shape index (κ3) is 4.73. The van der Waals surface area contributed by atoms with Gasteiger partial charge in [0.25, 0.3) is 11.8 Å². The van der Waals surface area contributed by atoms with E-state index in [2.05, 4.69) is 17.4 Å². The van der Waals surface area contributed by atoms with E-state index < -0.39 is 30.0 Å². The predicted octanol–water partition coefficient (Wildman–Crippen LogP) is 1.73. The van der Waals surface area contributed by atoms with Crippen LogP contribution in [-0.4, -0.2) is 65.4 Å². The van der Waals surface area contributed by atoms with Gasteiger partial charge in [-0.05, 0) is 56.4 Å². The van der Waals surface area contributed by atoms with Gasteiger partial charge in [0, 0.05) is 13.1 Å². The van der Waals surface area contributed by atoms with Gasteiger partial charge in [-0.15, -0.1) is 0 Å². The van der Waals surface area contributed by atoms with Crippen LogP contribution in [0.1, 0.15) is 38.2 Å². The van der Waals surface area contributed by atoms with Gasteiger partial charge in [0.2, 0.25) is 0 Å². The minimum absolute atomic E-state index is 0.122. The number of nitrogens with one attached hydrogen (secondary N) is 1. The normalized spacial score (nSPS) is 24.3. The highest BCUT2D eigenvalue weighted by Crippen LogP contribution is 2.42. The van der Waals surface area contributed by atoms with Crippen LogP contribution in [0, 0.1) is 11.8 Å². The zero-order valence-electron chi connectivity index (χ0n) is 17.8. The minimum atomic E-state index is -0.933. The summed E-state index contributed by atoms with van der Waals surface area (Å²) in [5.41, 5.74) is 0.372. The topological polar surface area (TPSA) is 96.0 Å². The second kappa shape index (κ2) is 8.69. The van der Waals surface area contributed by atoms with Gasteiger partial charge in [0.1, 0.15) is 12.1 Å². The highest BCUT2D eigenvalue weighted by Gasteiger charge is 2.56. The second-order valence-electron chi connectivity index (χ2n) is 8.97. The van der Waals surface area contributed by atoms with Gasteiger partial charge in [0.15, 0.2) is 6.61 Å². The Morgan fingerprint density at radius 3 is 2.42 bits per heavy atom. The Hall–Kier alpha value is -2.90. The molecule has 4 amide bonds. The van der Waals surface area contributed by atoms with Crippen molar-refractivity contribution in [2.75, 3.05) is 26.2 Å². The quantitative estimate of drug-likeness (QED) is 0.528. The van der Waals surface area contributed by atoms with E-state index in [-0.39, 0.29) is 18.4 Å². The van der Waals surface area contributed by atoms with E-state index in [0.717, 1.165) is 37.0 Å². The average molecular weight is 428 g/mol. The van der Waals surface area contributed by atoms with Gasteiger partial charge in [-0.2, -0.15) is 0 Å². The molecule has 1 saturated carbocycles. The van der Waals surface area contributed by atoms with Crippen LogP contribution in [0.2, 0.25) is 0 Å².